The van der Waals surface area contributed by atoms with Crippen LogP contribution < -0.4 is 4.90 Å². The zero-order chi connectivity index (χ0) is 20.9. The molecule has 0 fully saturated rings. The van der Waals surface area contributed by atoms with Crippen molar-refractivity contribution in [2.24, 2.45) is 5.41 Å². The van der Waals surface area contributed by atoms with Gasteiger partial charge in [-0.25, -0.2) is 0 Å². The van der Waals surface area contributed by atoms with E-state index < -0.39 is 0 Å². The Balaban J connectivity index is 1.94. The number of benzene rings is 2. The van der Waals surface area contributed by atoms with Gasteiger partial charge in [-0.2, -0.15) is 0 Å². The highest BCUT2D eigenvalue weighted by molar-refractivity contribution is 6.42. The van der Waals surface area contributed by atoms with Crippen LogP contribution in [0.1, 0.15) is 50.2 Å². The van der Waals surface area contributed by atoms with Crippen LogP contribution in [-0.4, -0.2) is 11.7 Å². The van der Waals surface area contributed by atoms with E-state index in [9.17, 15) is 9.59 Å². The van der Waals surface area contributed by atoms with Crippen LogP contribution >= 0.6 is 23.2 Å². The molecule has 3 nitrogen and oxygen atoms in total. The summed E-state index contributed by atoms with van der Waals surface area (Å²) in [6, 6.07) is 13.3. The third-order valence-corrected chi connectivity index (χ3v) is 6.59. The smallest absolute Gasteiger partial charge is 0.232 e. The summed E-state index contributed by atoms with van der Waals surface area (Å²) >= 11 is 12.7. The van der Waals surface area contributed by atoms with Crippen LogP contribution in [-0.2, 0) is 9.59 Å². The Kier molecular flexibility index (Phi) is 5.08. The molecule has 1 heterocycles. The largest absolute Gasteiger partial charge is 0.294 e. The minimum Gasteiger partial charge on any atom is -0.294 e. The van der Waals surface area contributed by atoms with Crippen molar-refractivity contribution in [3.8, 4) is 0 Å². The number of rotatable bonds is 2. The lowest BCUT2D eigenvalue weighted by atomic mass is 9.69. The summed E-state index contributed by atoms with van der Waals surface area (Å²) in [7, 11) is 0. The number of hydrogen-bond donors (Lipinski definition) is 0. The molecule has 1 amide bonds. The van der Waals surface area contributed by atoms with Gasteiger partial charge in [0.25, 0.3) is 0 Å². The molecule has 0 N–H and O–H groups in total. The van der Waals surface area contributed by atoms with Gasteiger partial charge in [0.1, 0.15) is 0 Å². The van der Waals surface area contributed by atoms with Crippen molar-refractivity contribution in [3.05, 3.63) is 74.9 Å². The van der Waals surface area contributed by atoms with Gasteiger partial charge in [0, 0.05) is 35.7 Å². The first-order chi connectivity index (χ1) is 13.7. The van der Waals surface area contributed by atoms with E-state index in [-0.39, 0.29) is 29.4 Å². The fraction of sp³-hybridized carbons (Fsp3) is 0.333. The molecule has 2 aromatic carbocycles. The SMILES string of the molecule is Cc1cccc(N2C(=O)CC(c3cccc(Cl)c3Cl)C3=C2CC(C)(C)CC3=O)c1. The lowest BCUT2D eigenvalue weighted by molar-refractivity contribution is -0.121. The molecule has 0 spiro atoms. The Labute approximate surface area is 181 Å². The van der Waals surface area contributed by atoms with E-state index in [2.05, 4.69) is 13.8 Å². The number of amides is 1. The molecular weight excluding hydrogens is 405 g/mol. The maximum atomic E-state index is 13.4. The fourth-order valence-corrected chi connectivity index (χ4v) is 4.98. The first kappa shape index (κ1) is 20.2. The number of carbonyl (C=O) groups is 2. The monoisotopic (exact) mass is 427 g/mol. The van der Waals surface area contributed by atoms with E-state index in [0.29, 0.717) is 28.5 Å². The van der Waals surface area contributed by atoms with Crippen molar-refractivity contribution < 1.29 is 9.59 Å². The molecule has 1 atom stereocenters. The van der Waals surface area contributed by atoms with Gasteiger partial charge < -0.3 is 0 Å². The van der Waals surface area contributed by atoms with Crippen LogP contribution in [0.4, 0.5) is 5.69 Å². The molecule has 29 heavy (non-hydrogen) atoms. The summed E-state index contributed by atoms with van der Waals surface area (Å²) in [6.45, 7) is 6.14. The Morgan fingerprint density at radius 1 is 1.03 bits per heavy atom. The molecule has 1 aliphatic carbocycles. The molecule has 4 rings (SSSR count). The minimum atomic E-state index is -0.367. The number of aryl methyl sites for hydroxylation is 1. The maximum absolute atomic E-state index is 13.4. The highest BCUT2D eigenvalue weighted by Gasteiger charge is 2.44. The molecule has 2 aliphatic rings. The van der Waals surface area contributed by atoms with E-state index in [1.54, 1.807) is 11.0 Å². The number of ketones is 1. The summed E-state index contributed by atoms with van der Waals surface area (Å²) in [5, 5.41) is 0.851. The summed E-state index contributed by atoms with van der Waals surface area (Å²) in [5.74, 6) is -0.309. The molecule has 0 bridgehead atoms. The number of nitrogens with zero attached hydrogens (tertiary/aromatic N) is 1. The standard InChI is InChI=1S/C24H23Cl2NO2/c1-14-6-4-7-15(10-14)27-19-12-24(2,3)13-20(28)22(19)17(11-21(27)29)16-8-5-9-18(25)23(16)26/h4-10,17H,11-13H2,1-3H3. The number of carbonyl (C=O) groups excluding carboxylic acids is 2. The normalized spacial score (nSPS) is 21.4. The molecule has 150 valence electrons. The van der Waals surface area contributed by atoms with E-state index in [1.807, 2.05) is 43.3 Å². The van der Waals surface area contributed by atoms with Crippen LogP contribution in [0.3, 0.4) is 0 Å². The van der Waals surface area contributed by atoms with Crippen LogP contribution in [0.25, 0.3) is 0 Å². The molecular formula is C24H23Cl2NO2. The maximum Gasteiger partial charge on any atom is 0.232 e. The van der Waals surface area contributed by atoms with Gasteiger partial charge in [-0.1, -0.05) is 61.3 Å². The van der Waals surface area contributed by atoms with Gasteiger partial charge in [0.2, 0.25) is 5.91 Å². The third-order valence-electron chi connectivity index (χ3n) is 5.76. The Bertz CT molecular complexity index is 1050. The molecule has 0 aromatic heterocycles. The first-order valence-electron chi connectivity index (χ1n) is 9.78. The highest BCUT2D eigenvalue weighted by atomic mass is 35.5. The van der Waals surface area contributed by atoms with E-state index in [4.69, 9.17) is 23.2 Å². The van der Waals surface area contributed by atoms with Crippen LogP contribution in [0.5, 0.6) is 0 Å². The zero-order valence-electron chi connectivity index (χ0n) is 16.8. The fourth-order valence-electron chi connectivity index (χ4n) is 4.54. The average molecular weight is 428 g/mol. The van der Waals surface area contributed by atoms with E-state index in [1.165, 1.54) is 0 Å². The second-order valence-corrected chi connectivity index (χ2v) is 9.55. The second kappa shape index (κ2) is 7.30. The minimum absolute atomic E-state index is 0.0270. The van der Waals surface area contributed by atoms with E-state index >= 15 is 0 Å². The lowest BCUT2D eigenvalue weighted by Crippen LogP contribution is -2.43. The van der Waals surface area contributed by atoms with Gasteiger partial charge in [0.15, 0.2) is 5.78 Å². The molecule has 0 saturated heterocycles. The van der Waals surface area contributed by atoms with E-state index in [0.717, 1.165) is 22.5 Å². The predicted octanol–water partition coefficient (Wildman–Crippen LogP) is 6.47. The predicted molar refractivity (Wildman–Crippen MR) is 118 cm³/mol. The molecule has 0 saturated carbocycles. The Morgan fingerprint density at radius 3 is 2.48 bits per heavy atom. The number of halogens is 2. The zero-order valence-corrected chi connectivity index (χ0v) is 18.3. The van der Waals surface area contributed by atoms with Gasteiger partial charge in [-0.15, -0.1) is 0 Å². The number of anilines is 1. The summed E-state index contributed by atoms with van der Waals surface area (Å²) in [4.78, 5) is 28.4. The van der Waals surface area contributed by atoms with Gasteiger partial charge in [-0.05, 0) is 48.1 Å². The summed E-state index contributed by atoms with van der Waals surface area (Å²) < 4.78 is 0. The van der Waals surface area contributed by atoms with Crippen molar-refractivity contribution >= 4 is 40.6 Å². The lowest BCUT2D eigenvalue weighted by Gasteiger charge is -2.43. The van der Waals surface area contributed by atoms with Crippen molar-refractivity contribution in [3.63, 3.8) is 0 Å². The van der Waals surface area contributed by atoms with Crippen molar-refractivity contribution in [2.45, 2.75) is 46.0 Å². The number of Topliss-reactive ketones (excluding diaryl/α,β-unsaturated/α-hetero) is 1. The molecule has 2 aromatic rings. The second-order valence-electron chi connectivity index (χ2n) is 8.77. The molecule has 0 radical (unpaired) electrons. The van der Waals surface area contributed by atoms with Crippen molar-refractivity contribution in [1.29, 1.82) is 0 Å². The van der Waals surface area contributed by atoms with Crippen LogP contribution in [0.2, 0.25) is 10.0 Å². The van der Waals surface area contributed by atoms with Crippen molar-refractivity contribution in [2.75, 3.05) is 4.90 Å². The van der Waals surface area contributed by atoms with Gasteiger partial charge in [0.05, 0.1) is 10.0 Å². The molecule has 1 unspecified atom stereocenters. The topological polar surface area (TPSA) is 37.4 Å². The summed E-state index contributed by atoms with van der Waals surface area (Å²) in [5.41, 5.74) is 3.92. The number of hydrogen-bond acceptors (Lipinski definition) is 2. The van der Waals surface area contributed by atoms with Crippen LogP contribution in [0, 0.1) is 12.3 Å². The van der Waals surface area contributed by atoms with Gasteiger partial charge >= 0.3 is 0 Å². The number of allylic oxidation sites excluding steroid dienone is 2. The Morgan fingerprint density at radius 2 is 1.76 bits per heavy atom. The van der Waals surface area contributed by atoms with Gasteiger partial charge in [-0.3, -0.25) is 14.5 Å². The van der Waals surface area contributed by atoms with Crippen LogP contribution in [0.15, 0.2) is 53.7 Å². The highest BCUT2D eigenvalue weighted by Crippen LogP contribution is 2.49. The summed E-state index contributed by atoms with van der Waals surface area (Å²) in [6.07, 6.45) is 1.30. The quantitative estimate of drug-likeness (QED) is 0.550. The Hall–Kier alpha value is -2.10. The third kappa shape index (κ3) is 3.62. The first-order valence-corrected chi connectivity index (χ1v) is 10.5. The molecule has 5 heteroatoms. The van der Waals surface area contributed by atoms with Crippen molar-refractivity contribution in [1.82, 2.24) is 0 Å². The average Bonchev–Trinajstić information content (AvgIpc) is 2.62. The molecule has 1 aliphatic heterocycles.